The van der Waals surface area contributed by atoms with E-state index >= 15 is 0 Å². The summed E-state index contributed by atoms with van der Waals surface area (Å²) in [6, 6.07) is 0. The smallest absolute Gasteiger partial charge is 0.134 e. The third-order valence-corrected chi connectivity index (χ3v) is 3.51. The molecule has 4 heteroatoms. The topological polar surface area (TPSA) is 38.7 Å². The maximum atomic E-state index is 10.5. The number of rotatable bonds is 5. The van der Waals surface area contributed by atoms with Gasteiger partial charge in [-0.05, 0) is 52.4 Å². The summed E-state index contributed by atoms with van der Waals surface area (Å²) >= 11 is 3.34. The third kappa shape index (κ3) is 4.63. The minimum atomic E-state index is 0.314. The van der Waals surface area contributed by atoms with Crippen molar-refractivity contribution in [3.8, 4) is 0 Å². The second-order valence-electron chi connectivity index (χ2n) is 4.49. The molecule has 2 aliphatic rings. The van der Waals surface area contributed by atoms with Crippen molar-refractivity contribution in [3.05, 3.63) is 46.3 Å². The largest absolute Gasteiger partial charge is 0.488 e. The first-order chi connectivity index (χ1) is 9.28. The molecule has 19 heavy (non-hydrogen) atoms. The number of halogens is 1. The Labute approximate surface area is 121 Å². The molecule has 0 bridgehead atoms. The van der Waals surface area contributed by atoms with Crippen molar-refractivity contribution in [1.29, 1.82) is 0 Å². The van der Waals surface area contributed by atoms with Gasteiger partial charge in [0, 0.05) is 6.42 Å². The molecule has 1 aliphatic carbocycles. The SMILES string of the molecule is O=CCC1C=CC=C(COC2=CCC=C(Br)N=C2)C1. The molecule has 100 valence electrons. The minimum Gasteiger partial charge on any atom is -0.488 e. The van der Waals surface area contributed by atoms with E-state index in [1.807, 2.05) is 18.2 Å². The number of aldehydes is 1. The highest BCUT2D eigenvalue weighted by Crippen LogP contribution is 2.22. The van der Waals surface area contributed by atoms with Gasteiger partial charge in [-0.2, -0.15) is 0 Å². The van der Waals surface area contributed by atoms with Gasteiger partial charge in [0.15, 0.2) is 0 Å². The summed E-state index contributed by atoms with van der Waals surface area (Å²) in [6.45, 7) is 0.551. The molecule has 0 aromatic rings. The molecule has 1 atom stereocenters. The molecule has 0 fully saturated rings. The van der Waals surface area contributed by atoms with E-state index in [9.17, 15) is 4.79 Å². The average Bonchev–Trinajstić information content (AvgIpc) is 2.62. The van der Waals surface area contributed by atoms with Crippen molar-refractivity contribution < 1.29 is 9.53 Å². The molecule has 1 unspecified atom stereocenters. The second-order valence-corrected chi connectivity index (χ2v) is 5.30. The molecule has 0 aromatic heterocycles. The number of allylic oxidation sites excluding steroid dienone is 6. The van der Waals surface area contributed by atoms with Crippen LogP contribution in [0.4, 0.5) is 0 Å². The average molecular weight is 322 g/mol. The molecule has 0 saturated carbocycles. The van der Waals surface area contributed by atoms with Crippen LogP contribution in [0.5, 0.6) is 0 Å². The lowest BCUT2D eigenvalue weighted by molar-refractivity contribution is -0.108. The maximum absolute atomic E-state index is 10.5. The summed E-state index contributed by atoms with van der Waals surface area (Å²) in [5.41, 5.74) is 1.21. The van der Waals surface area contributed by atoms with Crippen LogP contribution in [0.3, 0.4) is 0 Å². The molecule has 0 amide bonds. The molecule has 2 rings (SSSR count). The number of hydrogen-bond acceptors (Lipinski definition) is 3. The number of nitrogens with zero attached hydrogens (tertiary/aromatic N) is 1. The summed E-state index contributed by atoms with van der Waals surface area (Å²) in [6.07, 6.45) is 15.1. The fourth-order valence-corrected chi connectivity index (χ4v) is 2.28. The zero-order valence-electron chi connectivity index (χ0n) is 10.6. The predicted octanol–water partition coefficient (Wildman–Crippen LogP) is 3.69. The Morgan fingerprint density at radius 2 is 2.37 bits per heavy atom. The number of ether oxygens (including phenoxy) is 1. The van der Waals surface area contributed by atoms with Gasteiger partial charge in [-0.15, -0.1) is 0 Å². The highest BCUT2D eigenvalue weighted by Gasteiger charge is 2.11. The first kappa shape index (κ1) is 14.0. The quantitative estimate of drug-likeness (QED) is 0.572. The normalized spacial score (nSPS) is 22.2. The van der Waals surface area contributed by atoms with Crippen LogP contribution in [0.25, 0.3) is 0 Å². The van der Waals surface area contributed by atoms with Crippen LogP contribution < -0.4 is 0 Å². The van der Waals surface area contributed by atoms with E-state index in [2.05, 4.69) is 33.1 Å². The van der Waals surface area contributed by atoms with E-state index in [-0.39, 0.29) is 0 Å². The maximum Gasteiger partial charge on any atom is 0.134 e. The van der Waals surface area contributed by atoms with Crippen molar-refractivity contribution in [2.75, 3.05) is 6.61 Å². The van der Waals surface area contributed by atoms with Gasteiger partial charge in [-0.3, -0.25) is 0 Å². The Morgan fingerprint density at radius 1 is 1.47 bits per heavy atom. The van der Waals surface area contributed by atoms with Gasteiger partial charge in [0.1, 0.15) is 23.3 Å². The summed E-state index contributed by atoms with van der Waals surface area (Å²) in [7, 11) is 0. The van der Waals surface area contributed by atoms with Gasteiger partial charge in [-0.1, -0.05) is 18.2 Å². The summed E-state index contributed by atoms with van der Waals surface area (Å²) in [4.78, 5) is 14.7. The van der Waals surface area contributed by atoms with E-state index in [4.69, 9.17) is 4.74 Å². The van der Waals surface area contributed by atoms with Crippen LogP contribution in [-0.2, 0) is 9.53 Å². The summed E-state index contributed by atoms with van der Waals surface area (Å²) in [5.74, 6) is 1.10. The third-order valence-electron chi connectivity index (χ3n) is 2.98. The molecule has 0 radical (unpaired) electrons. The summed E-state index contributed by atoms with van der Waals surface area (Å²) < 4.78 is 6.57. The lowest BCUT2D eigenvalue weighted by Gasteiger charge is -2.17. The molecular weight excluding hydrogens is 306 g/mol. The van der Waals surface area contributed by atoms with Crippen molar-refractivity contribution >= 4 is 28.4 Å². The molecular formula is C15H16BrNO2. The fourth-order valence-electron chi connectivity index (χ4n) is 1.99. The van der Waals surface area contributed by atoms with Gasteiger partial charge in [0.25, 0.3) is 0 Å². The molecule has 1 heterocycles. The van der Waals surface area contributed by atoms with Crippen molar-refractivity contribution in [3.63, 3.8) is 0 Å². The monoisotopic (exact) mass is 321 g/mol. The summed E-state index contributed by atoms with van der Waals surface area (Å²) in [5, 5.41) is 0. The van der Waals surface area contributed by atoms with E-state index in [1.54, 1.807) is 6.21 Å². The lowest BCUT2D eigenvalue weighted by atomic mass is 9.92. The molecule has 0 saturated heterocycles. The number of hydrogen-bond donors (Lipinski definition) is 0. The first-order valence-corrected chi connectivity index (χ1v) is 7.10. The number of aliphatic imine (C=N–C) groups is 1. The van der Waals surface area contributed by atoms with E-state index in [0.717, 1.165) is 29.5 Å². The van der Waals surface area contributed by atoms with Gasteiger partial charge in [0.05, 0.1) is 6.21 Å². The van der Waals surface area contributed by atoms with Crippen LogP contribution in [0.2, 0.25) is 0 Å². The van der Waals surface area contributed by atoms with Gasteiger partial charge in [0.2, 0.25) is 0 Å². The molecule has 0 aromatic carbocycles. The van der Waals surface area contributed by atoms with Crippen molar-refractivity contribution in [1.82, 2.24) is 0 Å². The Balaban J connectivity index is 1.85. The Hall–Kier alpha value is -1.42. The van der Waals surface area contributed by atoms with Crippen molar-refractivity contribution in [2.24, 2.45) is 10.9 Å². The molecule has 0 N–H and O–H groups in total. The van der Waals surface area contributed by atoms with Crippen LogP contribution in [0.15, 0.2) is 51.3 Å². The first-order valence-electron chi connectivity index (χ1n) is 6.30. The van der Waals surface area contributed by atoms with Crippen LogP contribution in [0.1, 0.15) is 19.3 Å². The Bertz CT molecular complexity index is 486. The van der Waals surface area contributed by atoms with Gasteiger partial charge >= 0.3 is 0 Å². The second kappa shape index (κ2) is 7.24. The van der Waals surface area contributed by atoms with Gasteiger partial charge < -0.3 is 9.53 Å². The van der Waals surface area contributed by atoms with E-state index in [1.165, 1.54) is 5.57 Å². The lowest BCUT2D eigenvalue weighted by Crippen LogP contribution is -2.08. The van der Waals surface area contributed by atoms with Crippen LogP contribution in [-0.4, -0.2) is 19.1 Å². The molecule has 3 nitrogen and oxygen atoms in total. The highest BCUT2D eigenvalue weighted by molar-refractivity contribution is 9.11. The van der Waals surface area contributed by atoms with Gasteiger partial charge in [-0.25, -0.2) is 4.99 Å². The zero-order chi connectivity index (χ0) is 13.5. The fraction of sp³-hybridized carbons (Fsp3) is 0.333. The Kier molecular flexibility index (Phi) is 5.33. The highest BCUT2D eigenvalue weighted by atomic mass is 79.9. The molecule has 1 aliphatic heterocycles. The van der Waals surface area contributed by atoms with Crippen LogP contribution in [0, 0.1) is 5.92 Å². The van der Waals surface area contributed by atoms with Crippen molar-refractivity contribution in [2.45, 2.75) is 19.3 Å². The van der Waals surface area contributed by atoms with Crippen LogP contribution >= 0.6 is 15.9 Å². The van der Waals surface area contributed by atoms with E-state index in [0.29, 0.717) is 18.9 Å². The zero-order valence-corrected chi connectivity index (χ0v) is 12.2. The predicted molar refractivity (Wildman–Crippen MR) is 80.2 cm³/mol. The standard InChI is InChI=1S/C15H16BrNO2/c16-15-6-2-5-14(10-17-15)19-11-13-4-1-3-12(9-13)7-8-18/h1,3-6,8,10,12H,2,7,9,11H2. The number of carbonyl (C=O) groups is 1. The minimum absolute atomic E-state index is 0.314. The van der Waals surface area contributed by atoms with E-state index < -0.39 is 0 Å². The molecule has 0 spiro atoms. The Morgan fingerprint density at radius 3 is 3.21 bits per heavy atom. The number of carbonyl (C=O) groups excluding carboxylic acids is 1.